The number of carbonyl (C=O) groups is 1. The monoisotopic (exact) mass is 170 g/mol. The molecule has 0 unspecified atom stereocenters. The van der Waals surface area contributed by atoms with Gasteiger partial charge in [0.25, 0.3) is 0 Å². The summed E-state index contributed by atoms with van der Waals surface area (Å²) in [6.45, 7) is 4.38. The van der Waals surface area contributed by atoms with Gasteiger partial charge in [0.05, 0.1) is 0 Å². The van der Waals surface area contributed by atoms with Crippen LogP contribution >= 0.6 is 0 Å². The quantitative estimate of drug-likeness (QED) is 0.683. The van der Waals surface area contributed by atoms with Crippen molar-refractivity contribution in [3.8, 4) is 0 Å². The highest BCUT2D eigenvalue weighted by Gasteiger charge is 2.29. The molecule has 1 rings (SSSR count). The highest BCUT2D eigenvalue weighted by atomic mass is 16.3. The Hall–Kier alpha value is -0.370. The Balaban J connectivity index is 2.48. The minimum Gasteiger partial charge on any atom is -0.396 e. The van der Waals surface area contributed by atoms with E-state index in [2.05, 4.69) is 13.8 Å². The zero-order valence-electron chi connectivity index (χ0n) is 7.92. The van der Waals surface area contributed by atoms with Crippen molar-refractivity contribution in [2.45, 2.75) is 33.1 Å². The zero-order chi connectivity index (χ0) is 9.14. The van der Waals surface area contributed by atoms with Crippen molar-refractivity contribution in [1.82, 2.24) is 0 Å². The molecular formula is C10H18O2. The normalized spacial score (nSPS) is 31.2. The number of carbonyl (C=O) groups excluding carboxylic acids is 1. The average Bonchev–Trinajstić information content (AvgIpc) is 2.03. The predicted molar refractivity (Wildman–Crippen MR) is 47.8 cm³/mol. The van der Waals surface area contributed by atoms with Gasteiger partial charge < -0.3 is 5.11 Å². The van der Waals surface area contributed by atoms with E-state index in [1.807, 2.05) is 0 Å². The van der Waals surface area contributed by atoms with Gasteiger partial charge in [0.1, 0.15) is 5.78 Å². The van der Waals surface area contributed by atoms with Gasteiger partial charge in [0.15, 0.2) is 0 Å². The standard InChI is InChI=1S/C10H18O2/c1-7(2)9-4-3-8(6-11)5-10(9)12/h7-9,11H,3-6H2,1-2H3/t8-,9+/m0/s1. The molecule has 2 nitrogen and oxygen atoms in total. The molecule has 1 fully saturated rings. The molecule has 1 N–H and O–H groups in total. The summed E-state index contributed by atoms with van der Waals surface area (Å²) >= 11 is 0. The lowest BCUT2D eigenvalue weighted by atomic mass is 9.76. The molecule has 1 aliphatic rings. The first-order chi connectivity index (χ1) is 5.65. The van der Waals surface area contributed by atoms with E-state index in [-0.39, 0.29) is 18.4 Å². The first kappa shape index (κ1) is 9.72. The van der Waals surface area contributed by atoms with Gasteiger partial charge in [-0.3, -0.25) is 4.79 Å². The van der Waals surface area contributed by atoms with Crippen molar-refractivity contribution >= 4 is 5.78 Å². The Morgan fingerprint density at radius 2 is 2.17 bits per heavy atom. The van der Waals surface area contributed by atoms with Crippen LogP contribution in [0, 0.1) is 17.8 Å². The van der Waals surface area contributed by atoms with Crippen LogP contribution in [0.25, 0.3) is 0 Å². The Labute approximate surface area is 74.0 Å². The van der Waals surface area contributed by atoms with Gasteiger partial charge >= 0.3 is 0 Å². The zero-order valence-corrected chi connectivity index (χ0v) is 7.92. The minimum atomic E-state index is 0.177. The largest absolute Gasteiger partial charge is 0.396 e. The second kappa shape index (κ2) is 4.04. The van der Waals surface area contributed by atoms with Crippen molar-refractivity contribution in [3.05, 3.63) is 0 Å². The Bertz CT molecular complexity index is 163. The van der Waals surface area contributed by atoms with E-state index in [0.29, 0.717) is 18.1 Å². The third-order valence-electron chi connectivity index (χ3n) is 2.85. The van der Waals surface area contributed by atoms with E-state index in [4.69, 9.17) is 5.11 Å². The summed E-state index contributed by atoms with van der Waals surface area (Å²) in [6, 6.07) is 0. The number of aliphatic hydroxyl groups is 1. The van der Waals surface area contributed by atoms with Gasteiger partial charge in [0.2, 0.25) is 0 Å². The first-order valence-electron chi connectivity index (χ1n) is 4.78. The van der Waals surface area contributed by atoms with Crippen LogP contribution in [0.4, 0.5) is 0 Å². The van der Waals surface area contributed by atoms with Crippen LogP contribution < -0.4 is 0 Å². The summed E-state index contributed by atoms with van der Waals surface area (Å²) in [4.78, 5) is 11.5. The van der Waals surface area contributed by atoms with Crippen LogP contribution in [0.1, 0.15) is 33.1 Å². The van der Waals surface area contributed by atoms with Crippen LogP contribution in [0.15, 0.2) is 0 Å². The third kappa shape index (κ3) is 2.07. The molecule has 0 amide bonds. The molecule has 0 saturated heterocycles. The molecule has 0 bridgehead atoms. The summed E-state index contributed by atoms with van der Waals surface area (Å²) in [6.07, 6.45) is 2.59. The van der Waals surface area contributed by atoms with E-state index in [9.17, 15) is 4.79 Å². The molecule has 0 spiro atoms. The lowest BCUT2D eigenvalue weighted by Gasteiger charge is -2.28. The molecule has 0 aromatic rings. The summed E-state index contributed by atoms with van der Waals surface area (Å²) in [5.74, 6) is 1.33. The van der Waals surface area contributed by atoms with Crippen molar-refractivity contribution in [1.29, 1.82) is 0 Å². The molecule has 0 aromatic heterocycles. The van der Waals surface area contributed by atoms with Crippen molar-refractivity contribution in [2.75, 3.05) is 6.61 Å². The Kier molecular flexibility index (Phi) is 3.27. The minimum absolute atomic E-state index is 0.177. The lowest BCUT2D eigenvalue weighted by molar-refractivity contribution is -0.128. The van der Waals surface area contributed by atoms with Crippen LogP contribution in [-0.4, -0.2) is 17.5 Å². The number of hydrogen-bond donors (Lipinski definition) is 1. The van der Waals surface area contributed by atoms with Crippen LogP contribution in [0.2, 0.25) is 0 Å². The highest BCUT2D eigenvalue weighted by Crippen LogP contribution is 2.30. The second-order valence-corrected chi connectivity index (χ2v) is 4.15. The smallest absolute Gasteiger partial charge is 0.136 e. The molecule has 1 aliphatic carbocycles. The molecule has 1 saturated carbocycles. The number of aliphatic hydroxyl groups excluding tert-OH is 1. The summed E-state index contributed by atoms with van der Waals surface area (Å²) < 4.78 is 0. The van der Waals surface area contributed by atoms with Gasteiger partial charge in [-0.1, -0.05) is 13.8 Å². The maximum absolute atomic E-state index is 11.5. The summed E-state index contributed by atoms with van der Waals surface area (Å²) in [5.41, 5.74) is 0. The van der Waals surface area contributed by atoms with Gasteiger partial charge in [-0.15, -0.1) is 0 Å². The Morgan fingerprint density at radius 3 is 2.58 bits per heavy atom. The molecule has 12 heavy (non-hydrogen) atoms. The van der Waals surface area contributed by atoms with Crippen LogP contribution in [0.5, 0.6) is 0 Å². The van der Waals surface area contributed by atoms with Crippen LogP contribution in [-0.2, 0) is 4.79 Å². The van der Waals surface area contributed by atoms with Crippen molar-refractivity contribution < 1.29 is 9.90 Å². The SMILES string of the molecule is CC(C)[C@H]1CC[C@H](CO)CC1=O. The topological polar surface area (TPSA) is 37.3 Å². The predicted octanol–water partition coefficient (Wildman–Crippen LogP) is 1.62. The number of ketones is 1. The van der Waals surface area contributed by atoms with Gasteiger partial charge in [-0.25, -0.2) is 0 Å². The van der Waals surface area contributed by atoms with E-state index in [0.717, 1.165) is 12.8 Å². The van der Waals surface area contributed by atoms with E-state index in [1.54, 1.807) is 0 Å². The number of Topliss-reactive ketones (excluding diaryl/α,β-unsaturated/α-hetero) is 1. The average molecular weight is 170 g/mol. The fourth-order valence-corrected chi connectivity index (χ4v) is 1.98. The summed E-state index contributed by atoms with van der Waals surface area (Å²) in [5, 5.41) is 8.88. The van der Waals surface area contributed by atoms with Gasteiger partial charge in [0, 0.05) is 18.9 Å². The van der Waals surface area contributed by atoms with E-state index < -0.39 is 0 Å². The Morgan fingerprint density at radius 1 is 1.50 bits per heavy atom. The number of hydrogen-bond acceptors (Lipinski definition) is 2. The summed E-state index contributed by atoms with van der Waals surface area (Å²) in [7, 11) is 0. The second-order valence-electron chi connectivity index (χ2n) is 4.15. The van der Waals surface area contributed by atoms with Gasteiger partial charge in [-0.2, -0.15) is 0 Å². The molecule has 0 radical (unpaired) electrons. The maximum atomic E-state index is 11.5. The lowest BCUT2D eigenvalue weighted by Crippen LogP contribution is -2.29. The molecular weight excluding hydrogens is 152 g/mol. The first-order valence-corrected chi connectivity index (χ1v) is 4.78. The number of rotatable bonds is 2. The maximum Gasteiger partial charge on any atom is 0.136 e. The van der Waals surface area contributed by atoms with Crippen LogP contribution in [0.3, 0.4) is 0 Å². The highest BCUT2D eigenvalue weighted by molar-refractivity contribution is 5.82. The fourth-order valence-electron chi connectivity index (χ4n) is 1.98. The fraction of sp³-hybridized carbons (Fsp3) is 0.900. The third-order valence-corrected chi connectivity index (χ3v) is 2.85. The molecule has 2 heteroatoms. The van der Waals surface area contributed by atoms with E-state index in [1.165, 1.54) is 0 Å². The molecule has 0 aromatic carbocycles. The molecule has 2 atom stereocenters. The van der Waals surface area contributed by atoms with Crippen molar-refractivity contribution in [3.63, 3.8) is 0 Å². The molecule has 70 valence electrons. The van der Waals surface area contributed by atoms with E-state index >= 15 is 0 Å². The van der Waals surface area contributed by atoms with Gasteiger partial charge in [-0.05, 0) is 24.7 Å². The van der Waals surface area contributed by atoms with Crippen molar-refractivity contribution in [2.24, 2.45) is 17.8 Å². The molecule has 0 heterocycles. The molecule has 0 aliphatic heterocycles.